The molecule has 0 bridgehead atoms. The van der Waals surface area contributed by atoms with Crippen molar-refractivity contribution in [3.05, 3.63) is 24.0 Å². The van der Waals surface area contributed by atoms with Crippen LogP contribution in [0.5, 0.6) is 0 Å². The van der Waals surface area contributed by atoms with E-state index >= 15 is 0 Å². The minimum absolute atomic E-state index is 0.826. The summed E-state index contributed by atoms with van der Waals surface area (Å²) >= 11 is 1.91. The molecular weight excluding hydrogens is 254 g/mol. The first-order valence-electron chi connectivity index (χ1n) is 7.15. The normalized spacial score (nSPS) is 11.3. The lowest BCUT2D eigenvalue weighted by Gasteiger charge is -1.99. The highest BCUT2D eigenvalue weighted by molar-refractivity contribution is 7.99. The van der Waals surface area contributed by atoms with Crippen LogP contribution in [-0.2, 0) is 6.54 Å². The molecule has 0 radical (unpaired) electrons. The molecule has 19 heavy (non-hydrogen) atoms. The number of unbranched alkanes of at least 4 members (excludes halogenated alkanes) is 1. The van der Waals surface area contributed by atoms with Gasteiger partial charge in [0.25, 0.3) is 0 Å². The molecule has 0 fully saturated rings. The van der Waals surface area contributed by atoms with Crippen molar-refractivity contribution in [2.24, 2.45) is 0 Å². The van der Waals surface area contributed by atoms with E-state index in [1.54, 1.807) is 0 Å². The van der Waals surface area contributed by atoms with Crippen molar-refractivity contribution in [1.29, 1.82) is 0 Å². The van der Waals surface area contributed by atoms with Gasteiger partial charge < -0.3 is 10.3 Å². The second-order valence-corrected chi connectivity index (χ2v) is 5.91. The average Bonchev–Trinajstić information content (AvgIpc) is 2.83. The van der Waals surface area contributed by atoms with Gasteiger partial charge in [-0.15, -0.1) is 11.8 Å². The minimum atomic E-state index is 0.826. The molecule has 0 aliphatic heterocycles. The number of aromatic nitrogens is 2. The molecule has 0 atom stereocenters. The SMILES string of the molecule is CCCCNCc1nc2ccc(SCCC)cc2[nH]1. The van der Waals surface area contributed by atoms with E-state index in [0.29, 0.717) is 0 Å². The molecule has 104 valence electrons. The molecule has 3 nitrogen and oxygen atoms in total. The number of imidazole rings is 1. The fourth-order valence-electron chi connectivity index (χ4n) is 1.94. The van der Waals surface area contributed by atoms with Crippen LogP contribution >= 0.6 is 11.8 Å². The number of H-pyrrole nitrogens is 1. The lowest BCUT2D eigenvalue weighted by Crippen LogP contribution is -2.15. The minimum Gasteiger partial charge on any atom is -0.341 e. The Morgan fingerprint density at radius 2 is 2.16 bits per heavy atom. The van der Waals surface area contributed by atoms with E-state index in [1.807, 2.05) is 11.8 Å². The summed E-state index contributed by atoms with van der Waals surface area (Å²) in [5, 5.41) is 3.41. The van der Waals surface area contributed by atoms with Crippen molar-refractivity contribution in [2.75, 3.05) is 12.3 Å². The summed E-state index contributed by atoms with van der Waals surface area (Å²) in [6, 6.07) is 6.48. The molecule has 0 aliphatic rings. The first kappa shape index (κ1) is 14.4. The summed E-state index contributed by atoms with van der Waals surface area (Å²) in [6.45, 7) is 6.30. The molecular formula is C15H23N3S. The quantitative estimate of drug-likeness (QED) is 0.567. The van der Waals surface area contributed by atoms with Gasteiger partial charge in [0.05, 0.1) is 17.6 Å². The van der Waals surface area contributed by atoms with E-state index < -0.39 is 0 Å². The zero-order chi connectivity index (χ0) is 13.5. The van der Waals surface area contributed by atoms with E-state index in [0.717, 1.165) is 29.9 Å². The highest BCUT2D eigenvalue weighted by Crippen LogP contribution is 2.22. The first-order valence-corrected chi connectivity index (χ1v) is 8.14. The Bertz CT molecular complexity index is 507. The summed E-state index contributed by atoms with van der Waals surface area (Å²) < 4.78 is 0. The summed E-state index contributed by atoms with van der Waals surface area (Å²) in [4.78, 5) is 9.33. The highest BCUT2D eigenvalue weighted by atomic mass is 32.2. The van der Waals surface area contributed by atoms with E-state index in [2.05, 4.69) is 47.3 Å². The van der Waals surface area contributed by atoms with E-state index in [4.69, 9.17) is 0 Å². The predicted octanol–water partition coefficient (Wildman–Crippen LogP) is 3.95. The van der Waals surface area contributed by atoms with Gasteiger partial charge in [-0.3, -0.25) is 0 Å². The van der Waals surface area contributed by atoms with Gasteiger partial charge in [0.15, 0.2) is 0 Å². The van der Waals surface area contributed by atoms with Crippen molar-refractivity contribution in [1.82, 2.24) is 15.3 Å². The Kier molecular flexibility index (Phi) is 5.73. The van der Waals surface area contributed by atoms with E-state index in [-0.39, 0.29) is 0 Å². The largest absolute Gasteiger partial charge is 0.341 e. The molecule has 2 aromatic rings. The van der Waals surface area contributed by atoms with Crippen molar-refractivity contribution < 1.29 is 0 Å². The van der Waals surface area contributed by atoms with Gasteiger partial charge in [0, 0.05) is 4.90 Å². The first-order chi connectivity index (χ1) is 9.33. The highest BCUT2D eigenvalue weighted by Gasteiger charge is 2.03. The molecule has 0 amide bonds. The fourth-order valence-corrected chi connectivity index (χ4v) is 2.75. The van der Waals surface area contributed by atoms with Crippen molar-refractivity contribution >= 4 is 22.8 Å². The van der Waals surface area contributed by atoms with Crippen LogP contribution in [0.4, 0.5) is 0 Å². The number of nitrogens with one attached hydrogen (secondary N) is 2. The van der Waals surface area contributed by atoms with Crippen molar-refractivity contribution in [3.8, 4) is 0 Å². The number of aromatic amines is 1. The fraction of sp³-hybridized carbons (Fsp3) is 0.533. The molecule has 0 saturated carbocycles. The molecule has 2 N–H and O–H groups in total. The molecule has 1 aromatic carbocycles. The second kappa shape index (κ2) is 7.56. The number of benzene rings is 1. The molecule has 0 saturated heterocycles. The number of nitrogens with zero attached hydrogens (tertiary/aromatic N) is 1. The predicted molar refractivity (Wildman–Crippen MR) is 83.7 cm³/mol. The smallest absolute Gasteiger partial charge is 0.121 e. The Balaban J connectivity index is 1.99. The molecule has 1 aromatic heterocycles. The maximum atomic E-state index is 4.60. The van der Waals surface area contributed by atoms with Crippen LogP contribution < -0.4 is 5.32 Å². The van der Waals surface area contributed by atoms with Crippen LogP contribution in [0.15, 0.2) is 23.1 Å². The van der Waals surface area contributed by atoms with Crippen LogP contribution in [0.2, 0.25) is 0 Å². The standard InChI is InChI=1S/C15H23N3S/c1-3-5-8-16-11-15-17-13-7-6-12(19-9-4-2)10-14(13)18-15/h6-7,10,16H,3-5,8-9,11H2,1-2H3,(H,17,18). The molecule has 2 rings (SSSR count). The maximum Gasteiger partial charge on any atom is 0.121 e. The molecule has 0 unspecified atom stereocenters. The van der Waals surface area contributed by atoms with Gasteiger partial charge in [0.2, 0.25) is 0 Å². The molecule has 1 heterocycles. The van der Waals surface area contributed by atoms with E-state index in [1.165, 1.54) is 29.9 Å². The van der Waals surface area contributed by atoms with Crippen LogP contribution in [0.1, 0.15) is 38.9 Å². The third-order valence-corrected chi connectivity index (χ3v) is 4.17. The molecule has 4 heteroatoms. The van der Waals surface area contributed by atoms with Crippen LogP contribution in [-0.4, -0.2) is 22.3 Å². The number of fused-ring (bicyclic) bond motifs is 1. The van der Waals surface area contributed by atoms with Gasteiger partial charge in [-0.05, 0) is 43.3 Å². The zero-order valence-corrected chi connectivity index (χ0v) is 12.6. The monoisotopic (exact) mass is 277 g/mol. The van der Waals surface area contributed by atoms with Gasteiger partial charge in [0.1, 0.15) is 5.82 Å². The van der Waals surface area contributed by atoms with Crippen LogP contribution in [0, 0.1) is 0 Å². The topological polar surface area (TPSA) is 40.7 Å². The summed E-state index contributed by atoms with van der Waals surface area (Å²) in [7, 11) is 0. The summed E-state index contributed by atoms with van der Waals surface area (Å²) in [5.41, 5.74) is 2.21. The second-order valence-electron chi connectivity index (χ2n) is 4.74. The van der Waals surface area contributed by atoms with Gasteiger partial charge in [-0.25, -0.2) is 4.98 Å². The van der Waals surface area contributed by atoms with Gasteiger partial charge in [-0.2, -0.15) is 0 Å². The number of rotatable bonds is 8. The van der Waals surface area contributed by atoms with Gasteiger partial charge in [-0.1, -0.05) is 20.3 Å². The van der Waals surface area contributed by atoms with Crippen molar-refractivity contribution in [2.45, 2.75) is 44.6 Å². The molecule has 0 spiro atoms. The Labute approximate surface area is 119 Å². The van der Waals surface area contributed by atoms with Crippen LogP contribution in [0.25, 0.3) is 11.0 Å². The maximum absolute atomic E-state index is 4.60. The Morgan fingerprint density at radius 1 is 1.26 bits per heavy atom. The van der Waals surface area contributed by atoms with Crippen LogP contribution in [0.3, 0.4) is 0 Å². The summed E-state index contributed by atoms with van der Waals surface area (Å²) in [6.07, 6.45) is 3.65. The van der Waals surface area contributed by atoms with E-state index in [9.17, 15) is 0 Å². The number of hydrogen-bond acceptors (Lipinski definition) is 3. The lowest BCUT2D eigenvalue weighted by atomic mass is 10.3. The Morgan fingerprint density at radius 3 is 2.95 bits per heavy atom. The summed E-state index contributed by atoms with van der Waals surface area (Å²) in [5.74, 6) is 2.20. The third kappa shape index (κ3) is 4.25. The van der Waals surface area contributed by atoms with Crippen molar-refractivity contribution in [3.63, 3.8) is 0 Å². The average molecular weight is 277 g/mol. The lowest BCUT2D eigenvalue weighted by molar-refractivity contribution is 0.627. The zero-order valence-electron chi connectivity index (χ0n) is 11.8. The number of hydrogen-bond donors (Lipinski definition) is 2. The molecule has 0 aliphatic carbocycles. The van der Waals surface area contributed by atoms with Gasteiger partial charge >= 0.3 is 0 Å². The number of thioether (sulfide) groups is 1. The Hall–Kier alpha value is -1.00. The third-order valence-electron chi connectivity index (χ3n) is 2.97.